The Bertz CT molecular complexity index is 847. The minimum absolute atomic E-state index is 0.349. The molecule has 0 amide bonds. The van der Waals surface area contributed by atoms with Gasteiger partial charge in [0.1, 0.15) is 12.2 Å². The first kappa shape index (κ1) is 24.5. The van der Waals surface area contributed by atoms with Gasteiger partial charge in [-0.2, -0.15) is 0 Å². The lowest BCUT2D eigenvalue weighted by atomic mass is 9.55. The van der Waals surface area contributed by atoms with E-state index in [2.05, 4.69) is 6.58 Å². The molecule has 0 aromatic heterocycles. The third-order valence-electron chi connectivity index (χ3n) is 7.60. The maximum atomic E-state index is 12.6. The van der Waals surface area contributed by atoms with Crippen LogP contribution in [0.2, 0.25) is 0 Å². The summed E-state index contributed by atoms with van der Waals surface area (Å²) in [6.07, 6.45) is -0.538. The number of hydrogen-bond donors (Lipinski definition) is 2. The summed E-state index contributed by atoms with van der Waals surface area (Å²) in [6, 6.07) is 0. The molecule has 8 heteroatoms. The van der Waals surface area contributed by atoms with Gasteiger partial charge in [-0.3, -0.25) is 14.4 Å². The number of carbonyl (C=O) groups is 3. The molecule has 178 valence electrons. The average molecular weight is 451 g/mol. The van der Waals surface area contributed by atoms with Gasteiger partial charge in [-0.05, 0) is 45.6 Å². The van der Waals surface area contributed by atoms with Crippen LogP contribution in [0.5, 0.6) is 0 Å². The van der Waals surface area contributed by atoms with E-state index >= 15 is 0 Å². The van der Waals surface area contributed by atoms with Gasteiger partial charge in [-0.1, -0.05) is 24.6 Å². The van der Waals surface area contributed by atoms with Gasteiger partial charge in [-0.25, -0.2) is 0 Å². The SMILES string of the molecule is C=C1CC[C@H](OC(C)=O)[C@@]2(C)[C@H]1[C@H](OC(C)=O)[C@@]1(O)[C@H](C=C(C)CC[C@@H]2O)OC(=O)[C@@H]1C. The zero-order valence-electron chi connectivity index (χ0n) is 19.4. The molecule has 2 aliphatic carbocycles. The molecule has 8 nitrogen and oxygen atoms in total. The topological polar surface area (TPSA) is 119 Å². The van der Waals surface area contributed by atoms with E-state index in [4.69, 9.17) is 14.2 Å². The molecule has 1 aliphatic heterocycles. The van der Waals surface area contributed by atoms with Crippen molar-refractivity contribution in [1.82, 2.24) is 0 Å². The second-order valence-electron chi connectivity index (χ2n) is 9.70. The molecule has 32 heavy (non-hydrogen) atoms. The number of rotatable bonds is 2. The van der Waals surface area contributed by atoms with Crippen LogP contribution in [0.15, 0.2) is 23.8 Å². The molecule has 0 radical (unpaired) electrons. The lowest BCUT2D eigenvalue weighted by Gasteiger charge is -2.55. The predicted octanol–water partition coefficient (Wildman–Crippen LogP) is 2.22. The molecular weight excluding hydrogens is 416 g/mol. The summed E-state index contributed by atoms with van der Waals surface area (Å²) >= 11 is 0. The molecule has 1 saturated carbocycles. The van der Waals surface area contributed by atoms with Crippen molar-refractivity contribution in [1.29, 1.82) is 0 Å². The van der Waals surface area contributed by atoms with Gasteiger partial charge in [0.05, 0.1) is 12.0 Å². The first-order chi connectivity index (χ1) is 14.8. The van der Waals surface area contributed by atoms with Crippen molar-refractivity contribution in [3.63, 3.8) is 0 Å². The molecule has 0 aromatic carbocycles. The summed E-state index contributed by atoms with van der Waals surface area (Å²) in [7, 11) is 0. The van der Waals surface area contributed by atoms with Gasteiger partial charge in [0.2, 0.25) is 0 Å². The maximum absolute atomic E-state index is 12.6. The smallest absolute Gasteiger partial charge is 0.312 e. The number of ether oxygens (including phenoxy) is 3. The highest BCUT2D eigenvalue weighted by Crippen LogP contribution is 2.55. The van der Waals surface area contributed by atoms with Gasteiger partial charge in [-0.15, -0.1) is 0 Å². The van der Waals surface area contributed by atoms with Crippen molar-refractivity contribution < 1.29 is 38.8 Å². The van der Waals surface area contributed by atoms with E-state index in [1.165, 1.54) is 20.8 Å². The lowest BCUT2D eigenvalue weighted by molar-refractivity contribution is -0.214. The zero-order valence-corrected chi connectivity index (χ0v) is 19.4. The molecule has 8 atom stereocenters. The summed E-state index contributed by atoms with van der Waals surface area (Å²) in [5.74, 6) is -3.51. The first-order valence-electron chi connectivity index (χ1n) is 11.1. The van der Waals surface area contributed by atoms with Crippen LogP contribution in [-0.4, -0.2) is 58.1 Å². The van der Waals surface area contributed by atoms with Crippen LogP contribution in [0.3, 0.4) is 0 Å². The Kier molecular flexibility index (Phi) is 6.60. The van der Waals surface area contributed by atoms with E-state index in [1.54, 1.807) is 13.0 Å². The molecule has 0 bridgehead atoms. The Morgan fingerprint density at radius 3 is 2.41 bits per heavy atom. The van der Waals surface area contributed by atoms with E-state index in [0.29, 0.717) is 31.3 Å². The quantitative estimate of drug-likeness (QED) is 0.373. The van der Waals surface area contributed by atoms with E-state index in [1.807, 2.05) is 6.92 Å². The Labute approximate surface area is 188 Å². The lowest BCUT2D eigenvalue weighted by Crippen LogP contribution is -2.65. The first-order valence-corrected chi connectivity index (χ1v) is 11.1. The molecule has 0 unspecified atom stereocenters. The van der Waals surface area contributed by atoms with Gasteiger partial charge in [0.25, 0.3) is 0 Å². The van der Waals surface area contributed by atoms with Crippen LogP contribution < -0.4 is 0 Å². The minimum atomic E-state index is -1.89. The van der Waals surface area contributed by atoms with E-state index in [9.17, 15) is 24.6 Å². The van der Waals surface area contributed by atoms with Crippen LogP contribution in [0, 0.1) is 17.3 Å². The summed E-state index contributed by atoms with van der Waals surface area (Å²) in [5.41, 5.74) is -1.55. The highest BCUT2D eigenvalue weighted by molar-refractivity contribution is 5.77. The highest BCUT2D eigenvalue weighted by Gasteiger charge is 2.66. The van der Waals surface area contributed by atoms with E-state index in [0.717, 1.165) is 5.57 Å². The normalized spacial score (nSPS) is 42.2. The summed E-state index contributed by atoms with van der Waals surface area (Å²) < 4.78 is 16.9. The van der Waals surface area contributed by atoms with Gasteiger partial charge >= 0.3 is 17.9 Å². The number of hydrogen-bond acceptors (Lipinski definition) is 8. The Morgan fingerprint density at radius 2 is 1.81 bits per heavy atom. The fraction of sp³-hybridized carbons (Fsp3) is 0.708. The van der Waals surface area contributed by atoms with Crippen molar-refractivity contribution in [3.8, 4) is 0 Å². The standard InChI is InChI=1S/C24H34O8/c1-12-7-9-17(27)23(6)18(30-15(4)25)10-8-13(2)20(23)21(31-16(5)26)24(29)14(3)22(28)32-19(24)11-12/h11,14,17-21,27,29H,2,7-10H2,1,3-6H3/t14-,17-,18-,19-,20+,21-,23-,24-/m0/s1. The third kappa shape index (κ3) is 3.88. The zero-order chi connectivity index (χ0) is 24.0. The van der Waals surface area contributed by atoms with Crippen molar-refractivity contribution in [2.24, 2.45) is 17.3 Å². The number of carbonyl (C=O) groups excluding carboxylic acids is 3. The molecular formula is C24H34O8. The molecule has 1 saturated heterocycles. The van der Waals surface area contributed by atoms with Crippen molar-refractivity contribution in [2.75, 3.05) is 0 Å². The molecule has 2 N–H and O–H groups in total. The Morgan fingerprint density at radius 1 is 1.19 bits per heavy atom. The minimum Gasteiger partial charge on any atom is -0.462 e. The van der Waals surface area contributed by atoms with E-state index in [-0.39, 0.29) is 0 Å². The molecule has 3 rings (SSSR count). The summed E-state index contributed by atoms with van der Waals surface area (Å²) in [4.78, 5) is 36.7. The van der Waals surface area contributed by atoms with Crippen molar-refractivity contribution >= 4 is 17.9 Å². The molecule has 3 aliphatic rings. The summed E-state index contributed by atoms with van der Waals surface area (Å²) in [5, 5.41) is 23.4. The number of aliphatic hydroxyl groups excluding tert-OH is 1. The number of esters is 3. The maximum Gasteiger partial charge on any atom is 0.312 e. The fourth-order valence-corrected chi connectivity index (χ4v) is 5.73. The molecule has 0 spiro atoms. The van der Waals surface area contributed by atoms with E-state index < -0.39 is 65.2 Å². The average Bonchev–Trinajstić information content (AvgIpc) is 2.90. The monoisotopic (exact) mass is 450 g/mol. The van der Waals surface area contributed by atoms with Crippen LogP contribution in [-0.2, 0) is 28.6 Å². The van der Waals surface area contributed by atoms with Crippen molar-refractivity contribution in [2.45, 2.75) is 90.3 Å². The van der Waals surface area contributed by atoms with Crippen LogP contribution in [0.4, 0.5) is 0 Å². The number of allylic oxidation sites excluding steroid dienone is 1. The van der Waals surface area contributed by atoms with Crippen molar-refractivity contribution in [3.05, 3.63) is 23.8 Å². The van der Waals surface area contributed by atoms with Gasteiger partial charge < -0.3 is 24.4 Å². The largest absolute Gasteiger partial charge is 0.462 e. The van der Waals surface area contributed by atoms with Crippen LogP contribution in [0.25, 0.3) is 0 Å². The second kappa shape index (κ2) is 8.63. The van der Waals surface area contributed by atoms with Gasteiger partial charge in [0, 0.05) is 25.2 Å². The van der Waals surface area contributed by atoms with Crippen LogP contribution in [0.1, 0.15) is 60.3 Å². The molecule has 1 heterocycles. The second-order valence-corrected chi connectivity index (χ2v) is 9.70. The fourth-order valence-electron chi connectivity index (χ4n) is 5.73. The number of fused-ring (bicyclic) bond motifs is 2. The Balaban J connectivity index is 2.27. The predicted molar refractivity (Wildman–Crippen MR) is 114 cm³/mol. The molecule has 0 aromatic rings. The Hall–Kier alpha value is -2.19. The summed E-state index contributed by atoms with van der Waals surface area (Å²) in [6.45, 7) is 11.9. The van der Waals surface area contributed by atoms with Crippen LogP contribution >= 0.6 is 0 Å². The van der Waals surface area contributed by atoms with Gasteiger partial charge in [0.15, 0.2) is 11.7 Å². The third-order valence-corrected chi connectivity index (χ3v) is 7.60. The molecule has 2 fully saturated rings. The highest BCUT2D eigenvalue weighted by atomic mass is 16.6. The number of aliphatic hydroxyl groups is 2.